The fraction of sp³-hybridized carbons (Fsp3) is 0.222. The Bertz CT molecular complexity index is 355. The van der Waals surface area contributed by atoms with Crippen LogP contribution in [-0.4, -0.2) is 31.7 Å². The summed E-state index contributed by atoms with van der Waals surface area (Å²) in [6.07, 6.45) is 0. The Morgan fingerprint density at radius 1 is 1.20 bits per heavy atom. The summed E-state index contributed by atoms with van der Waals surface area (Å²) in [5.41, 5.74) is 0.0518. The van der Waals surface area contributed by atoms with E-state index in [-0.39, 0.29) is 74.5 Å². The van der Waals surface area contributed by atoms with Crippen molar-refractivity contribution in [1.29, 1.82) is 0 Å². The Kier molecular flexibility index (Phi) is 24.4. The Morgan fingerprint density at radius 3 is 2.05 bits per heavy atom. The second-order valence-electron chi connectivity index (χ2n) is 2.63. The zero-order valence-electron chi connectivity index (χ0n) is 11.7. The van der Waals surface area contributed by atoms with Crippen LogP contribution in [0.1, 0.15) is 10.4 Å². The van der Waals surface area contributed by atoms with Crippen molar-refractivity contribution in [1.82, 2.24) is 0 Å². The molecular weight excluding hydrogens is 255 g/mol. The first-order chi connectivity index (χ1) is 7.99. The van der Waals surface area contributed by atoms with Crippen LogP contribution in [0.5, 0.6) is 5.75 Å². The van der Waals surface area contributed by atoms with E-state index in [1.165, 1.54) is 12.1 Å². The number of phenolic OH excluding ortho intramolecular Hbond substituents is 1. The van der Waals surface area contributed by atoms with Gasteiger partial charge in [0.05, 0.1) is 0 Å². The van der Waals surface area contributed by atoms with Crippen molar-refractivity contribution in [3.05, 3.63) is 29.8 Å². The summed E-state index contributed by atoms with van der Waals surface area (Å²) in [4.78, 5) is 11.1. The molecule has 0 unspecified atom stereocenters. The van der Waals surface area contributed by atoms with Gasteiger partial charge in [-0.15, -0.1) is 0 Å². The molecule has 0 bridgehead atoms. The minimum atomic E-state index is -2.92. The van der Waals surface area contributed by atoms with E-state index in [1.807, 2.05) is 0 Å². The number of carbonyl (C=O) groups is 1. The van der Waals surface area contributed by atoms with Crippen LogP contribution in [0.4, 0.5) is 4.39 Å². The molecule has 94 valence electrons. The predicted octanol–water partition coefficient (Wildman–Crippen LogP) is -11.4. The molecule has 0 aliphatic carbocycles. The molecule has 0 aliphatic heterocycles. The Labute approximate surface area is 152 Å². The number of benzene rings is 1. The molecule has 0 spiro atoms. The minimum Gasteiger partial charge on any atom is -0.907 e. The average Bonchev–Trinajstić information content (AvgIpc) is 2.26. The molecule has 11 heteroatoms. The molecule has 1 rings (SSSR count). The van der Waals surface area contributed by atoms with Crippen LogP contribution in [0, 0.1) is 0 Å². The van der Waals surface area contributed by atoms with Crippen LogP contribution in [0.25, 0.3) is 0 Å². The van der Waals surface area contributed by atoms with E-state index < -0.39 is 20.0 Å². The molecule has 1 aromatic rings. The smallest absolute Gasteiger partial charge is 0.907 e. The molecule has 0 amide bonds. The van der Waals surface area contributed by atoms with Crippen LogP contribution in [0.15, 0.2) is 24.3 Å². The molecule has 0 aliphatic rings. The van der Waals surface area contributed by atoms with Gasteiger partial charge < -0.3 is 24.9 Å². The number of halogens is 1. The number of phenols is 1. The largest absolute Gasteiger partial charge is 1.00 e. The monoisotopic (exact) mass is 264 g/mol. The van der Waals surface area contributed by atoms with Gasteiger partial charge in [0.1, 0.15) is 24.6 Å². The molecule has 6 nitrogen and oxygen atoms in total. The zero-order valence-corrected chi connectivity index (χ0v) is 11.7. The predicted molar refractivity (Wildman–Crippen MR) is 50.1 cm³/mol. The fourth-order valence-electron chi connectivity index (χ4n) is 0.855. The van der Waals surface area contributed by atoms with Gasteiger partial charge in [-0.3, -0.25) is 7.32 Å². The van der Waals surface area contributed by atoms with E-state index in [4.69, 9.17) is 15.1 Å². The van der Waals surface area contributed by atoms with E-state index >= 15 is 0 Å². The topological polar surface area (TPSA) is 116 Å². The van der Waals surface area contributed by atoms with Crippen LogP contribution in [-0.2, 0) is 4.74 Å². The summed E-state index contributed by atoms with van der Waals surface area (Å²) in [5.74, 6) is -0.873. The molecule has 0 radical (unpaired) electrons. The molecule has 0 fully saturated rings. The Hall–Kier alpha value is 0.157. The molecule has 0 saturated carbocycles. The zero-order chi connectivity index (χ0) is 13.3. The fourth-order valence-corrected chi connectivity index (χ4v) is 0.855. The van der Waals surface area contributed by atoms with Gasteiger partial charge in [-0.2, -0.15) is 0 Å². The molecule has 0 atom stereocenters. The maximum atomic E-state index is 11.6. The van der Waals surface area contributed by atoms with Gasteiger partial charge in [-0.1, -0.05) is 12.1 Å². The van der Waals surface area contributed by atoms with Crippen molar-refractivity contribution in [3.8, 4) is 5.75 Å². The molecule has 1 N–H and O–H groups in total. The van der Waals surface area contributed by atoms with Crippen molar-refractivity contribution in [2.45, 2.75) is 0 Å². The first kappa shape index (κ1) is 28.3. The standard InChI is InChI=1S/C9H9FO3.BO3.3Li/c10-5-6-13-9(12)7-3-1-2-4-8(7)11;2-1(3)4;;;/h1-4,11H,5-6H2;;;;/q;-3;3*+1. The van der Waals surface area contributed by atoms with Crippen LogP contribution in [0.3, 0.4) is 0 Å². The van der Waals surface area contributed by atoms with Crippen molar-refractivity contribution in [3.63, 3.8) is 0 Å². The van der Waals surface area contributed by atoms with Gasteiger partial charge in [0, 0.05) is 0 Å². The molecular formula is C9H9BFLi3O6. The SMILES string of the molecule is O=C(OCCF)c1ccccc1O.[Li+].[Li+].[Li+].[O-]B([O-])[O-]. The van der Waals surface area contributed by atoms with Crippen LogP contribution >= 0.6 is 0 Å². The second kappa shape index (κ2) is 17.2. The van der Waals surface area contributed by atoms with E-state index in [1.54, 1.807) is 12.1 Å². The first-order valence-electron chi connectivity index (χ1n) is 4.47. The summed E-state index contributed by atoms with van der Waals surface area (Å²) in [6.45, 7) is -1.01. The van der Waals surface area contributed by atoms with E-state index in [9.17, 15) is 14.3 Å². The third-order valence-corrected chi connectivity index (χ3v) is 1.43. The quantitative estimate of drug-likeness (QED) is 0.428. The third kappa shape index (κ3) is 14.6. The second-order valence-corrected chi connectivity index (χ2v) is 2.63. The van der Waals surface area contributed by atoms with E-state index in [0.717, 1.165) is 0 Å². The molecule has 0 heterocycles. The number of aromatic hydroxyl groups is 1. The van der Waals surface area contributed by atoms with Crippen molar-refractivity contribution in [2.75, 3.05) is 13.3 Å². The van der Waals surface area contributed by atoms with Crippen molar-refractivity contribution in [2.24, 2.45) is 0 Å². The summed E-state index contributed by atoms with van der Waals surface area (Å²) in [6, 6.07) is 5.95. The Balaban J connectivity index is -0.000000164. The number of ether oxygens (including phenoxy) is 1. The number of hydrogen-bond acceptors (Lipinski definition) is 6. The molecule has 20 heavy (non-hydrogen) atoms. The first-order valence-corrected chi connectivity index (χ1v) is 4.47. The number of para-hydroxylation sites is 1. The number of rotatable bonds is 3. The Morgan fingerprint density at radius 2 is 1.65 bits per heavy atom. The van der Waals surface area contributed by atoms with Gasteiger partial charge >= 0.3 is 62.6 Å². The maximum absolute atomic E-state index is 11.6. The van der Waals surface area contributed by atoms with Crippen LogP contribution < -0.4 is 71.7 Å². The van der Waals surface area contributed by atoms with Gasteiger partial charge in [0.2, 0.25) is 0 Å². The van der Waals surface area contributed by atoms with Crippen molar-refractivity contribution >= 4 is 13.3 Å². The van der Waals surface area contributed by atoms with E-state index in [0.29, 0.717) is 0 Å². The molecule has 1 aromatic carbocycles. The summed E-state index contributed by atoms with van der Waals surface area (Å²) in [7, 11) is -2.92. The molecule has 0 aromatic heterocycles. The number of alkyl halides is 1. The summed E-state index contributed by atoms with van der Waals surface area (Å²) in [5, 5.41) is 34.4. The normalized spacial score (nSPS) is 7.60. The van der Waals surface area contributed by atoms with Crippen molar-refractivity contribution < 1.29 is 90.7 Å². The molecule has 0 saturated heterocycles. The van der Waals surface area contributed by atoms with Gasteiger partial charge in [-0.05, 0) is 12.1 Å². The van der Waals surface area contributed by atoms with Gasteiger partial charge in [-0.25, -0.2) is 9.18 Å². The number of carbonyl (C=O) groups excluding carboxylic acids is 1. The average molecular weight is 264 g/mol. The van der Waals surface area contributed by atoms with E-state index in [2.05, 4.69) is 4.74 Å². The maximum Gasteiger partial charge on any atom is 1.00 e. The minimum absolute atomic E-state index is 0. The van der Waals surface area contributed by atoms with Gasteiger partial charge in [0.15, 0.2) is 0 Å². The number of hydrogen-bond donors (Lipinski definition) is 1. The third-order valence-electron chi connectivity index (χ3n) is 1.43. The number of esters is 1. The summed E-state index contributed by atoms with van der Waals surface area (Å²) < 4.78 is 16.1. The summed E-state index contributed by atoms with van der Waals surface area (Å²) >= 11 is 0. The van der Waals surface area contributed by atoms with Gasteiger partial charge in [0.25, 0.3) is 0 Å². The van der Waals surface area contributed by atoms with Crippen LogP contribution in [0.2, 0.25) is 0 Å².